The zero-order valence-corrected chi connectivity index (χ0v) is 19.6. The Morgan fingerprint density at radius 1 is 0.645 bits per heavy atom. The zero-order chi connectivity index (χ0) is 20.6. The van der Waals surface area contributed by atoms with Gasteiger partial charge in [-0.3, -0.25) is 0 Å². The van der Waals surface area contributed by atoms with Crippen molar-refractivity contribution in [2.45, 2.75) is 63.7 Å². The van der Waals surface area contributed by atoms with Gasteiger partial charge in [-0.1, -0.05) is 79.6 Å². The lowest BCUT2D eigenvalue weighted by Gasteiger charge is -2.61. The minimum Gasteiger partial charge on any atom is -0.117 e. The van der Waals surface area contributed by atoms with Gasteiger partial charge in [-0.2, -0.15) is 0 Å². The number of hydrogen-bond acceptors (Lipinski definition) is 2. The minimum atomic E-state index is 0.0742. The molecule has 0 amide bonds. The Kier molecular flexibility index (Phi) is 4.07. The third kappa shape index (κ3) is 2.31. The van der Waals surface area contributed by atoms with Gasteiger partial charge < -0.3 is 0 Å². The lowest BCUT2D eigenvalue weighted by Crippen LogP contribution is -2.58. The van der Waals surface area contributed by atoms with Crippen LogP contribution in [0, 0.1) is 11.8 Å². The molecule has 3 aromatic carbocycles. The fraction of sp³-hybridized carbons (Fsp3) is 0.379. The Morgan fingerprint density at radius 2 is 1.19 bits per heavy atom. The Hall–Kier alpha value is -1.64. The summed E-state index contributed by atoms with van der Waals surface area (Å²) in [5.41, 5.74) is 4.81. The highest BCUT2D eigenvalue weighted by molar-refractivity contribution is 8.05. The van der Waals surface area contributed by atoms with Gasteiger partial charge in [-0.15, -0.1) is 23.5 Å². The highest BCUT2D eigenvalue weighted by Gasteiger charge is 2.71. The molecule has 0 saturated heterocycles. The van der Waals surface area contributed by atoms with Crippen molar-refractivity contribution in [3.8, 4) is 0 Å². The van der Waals surface area contributed by atoms with Gasteiger partial charge in [0.05, 0.1) is 4.75 Å². The molecule has 0 nitrogen and oxygen atoms in total. The van der Waals surface area contributed by atoms with Crippen molar-refractivity contribution in [3.05, 3.63) is 95.6 Å². The van der Waals surface area contributed by atoms with E-state index in [0.717, 1.165) is 11.8 Å². The molecule has 2 heteroatoms. The summed E-state index contributed by atoms with van der Waals surface area (Å²) in [5, 5.41) is 0. The summed E-state index contributed by atoms with van der Waals surface area (Å²) in [6, 6.07) is 30.3. The molecule has 0 aromatic heterocycles. The highest BCUT2D eigenvalue weighted by atomic mass is 32.2. The third-order valence-electron chi connectivity index (χ3n) is 8.80. The van der Waals surface area contributed by atoms with Crippen molar-refractivity contribution in [3.63, 3.8) is 0 Å². The lowest BCUT2D eigenvalue weighted by molar-refractivity contribution is 0.0702. The second kappa shape index (κ2) is 6.68. The average molecular weight is 441 g/mol. The Bertz CT molecular complexity index is 1150. The van der Waals surface area contributed by atoms with Crippen molar-refractivity contribution in [1.82, 2.24) is 0 Å². The van der Waals surface area contributed by atoms with E-state index < -0.39 is 0 Å². The van der Waals surface area contributed by atoms with Crippen LogP contribution in [-0.4, -0.2) is 4.75 Å². The molecule has 2 heterocycles. The van der Waals surface area contributed by atoms with Gasteiger partial charge in [0.1, 0.15) is 0 Å². The number of hydrogen-bond donors (Lipinski definition) is 0. The van der Waals surface area contributed by atoms with Gasteiger partial charge in [0.15, 0.2) is 0 Å². The molecule has 6 unspecified atom stereocenters. The first-order valence-corrected chi connectivity index (χ1v) is 13.5. The predicted octanol–water partition coefficient (Wildman–Crippen LogP) is 8.24. The van der Waals surface area contributed by atoms with E-state index in [-0.39, 0.29) is 9.49 Å². The molecular formula is C29H28S2. The third-order valence-corrected chi connectivity index (χ3v) is 12.4. The van der Waals surface area contributed by atoms with E-state index in [1.165, 1.54) is 41.0 Å². The molecule has 0 bridgehead atoms. The van der Waals surface area contributed by atoms with Crippen LogP contribution in [0.3, 0.4) is 0 Å². The number of rotatable bonds is 1. The second-order valence-corrected chi connectivity index (χ2v) is 12.8. The summed E-state index contributed by atoms with van der Waals surface area (Å²) in [6.45, 7) is 2.63. The minimum absolute atomic E-state index is 0.0742. The summed E-state index contributed by atoms with van der Waals surface area (Å²) >= 11 is 4.40. The topological polar surface area (TPSA) is 0 Å². The van der Waals surface area contributed by atoms with Gasteiger partial charge in [0.2, 0.25) is 0 Å². The van der Waals surface area contributed by atoms with Crippen molar-refractivity contribution in [2.24, 2.45) is 11.8 Å². The SMILES string of the molecule is CC12Sc3ccccc3C1C1CCCCC1C1c3ccccc3SC12c1ccccc1. The van der Waals surface area contributed by atoms with E-state index in [1.807, 2.05) is 0 Å². The summed E-state index contributed by atoms with van der Waals surface area (Å²) in [7, 11) is 0. The number of thioether (sulfide) groups is 2. The zero-order valence-electron chi connectivity index (χ0n) is 18.0. The fourth-order valence-corrected chi connectivity index (χ4v) is 11.6. The molecule has 7 rings (SSSR count). The molecule has 31 heavy (non-hydrogen) atoms. The van der Waals surface area contributed by atoms with Crippen LogP contribution < -0.4 is 0 Å². The van der Waals surface area contributed by atoms with Crippen molar-refractivity contribution in [1.29, 1.82) is 0 Å². The van der Waals surface area contributed by atoms with Crippen LogP contribution >= 0.6 is 23.5 Å². The van der Waals surface area contributed by atoms with Crippen molar-refractivity contribution in [2.75, 3.05) is 0 Å². The summed E-state index contributed by atoms with van der Waals surface area (Å²) < 4.78 is 0.218. The van der Waals surface area contributed by atoms with Crippen molar-refractivity contribution < 1.29 is 0 Å². The largest absolute Gasteiger partial charge is 0.117 e. The van der Waals surface area contributed by atoms with E-state index in [2.05, 4.69) is 109 Å². The van der Waals surface area contributed by atoms with Gasteiger partial charge in [-0.05, 0) is 60.4 Å². The van der Waals surface area contributed by atoms with E-state index in [4.69, 9.17) is 0 Å². The number of benzene rings is 3. The Balaban J connectivity index is 1.55. The van der Waals surface area contributed by atoms with E-state index in [0.29, 0.717) is 11.8 Å². The van der Waals surface area contributed by atoms with Crippen LogP contribution in [0.25, 0.3) is 0 Å². The van der Waals surface area contributed by atoms with Crippen molar-refractivity contribution >= 4 is 23.5 Å². The standard InChI is InChI=1S/C29H28S2/c1-28-26(22-15-7-9-17-24(22)30-28)20-13-5-6-14-21(20)27-23-16-8-10-18-25(23)31-29(27,28)19-11-3-2-4-12-19/h2-4,7-12,15-18,20-21,26-27H,5-6,13-14H2,1H3. The first-order valence-electron chi connectivity index (χ1n) is 11.9. The average Bonchev–Trinajstić information content (AvgIpc) is 3.34. The molecule has 2 fully saturated rings. The predicted molar refractivity (Wildman–Crippen MR) is 132 cm³/mol. The van der Waals surface area contributed by atoms with Gasteiger partial charge in [0.25, 0.3) is 0 Å². The first-order chi connectivity index (χ1) is 15.2. The Labute approximate surface area is 194 Å². The molecule has 3 aromatic rings. The molecule has 2 aliphatic heterocycles. The molecular weight excluding hydrogens is 412 g/mol. The van der Waals surface area contributed by atoms with Crippen LogP contribution in [0.1, 0.15) is 61.1 Å². The molecule has 6 atom stereocenters. The quantitative estimate of drug-likeness (QED) is 0.374. The first kappa shape index (κ1) is 18.9. The molecule has 0 spiro atoms. The summed E-state index contributed by atoms with van der Waals surface area (Å²) in [5.74, 6) is 2.81. The van der Waals surface area contributed by atoms with E-state index in [9.17, 15) is 0 Å². The summed E-state index contributed by atoms with van der Waals surface area (Å²) in [6.07, 6.45) is 5.58. The van der Waals surface area contributed by atoms with Crippen LogP contribution in [0.5, 0.6) is 0 Å². The number of fused-ring (bicyclic) bond motifs is 10. The monoisotopic (exact) mass is 440 g/mol. The normalized spacial score (nSPS) is 37.3. The highest BCUT2D eigenvalue weighted by Crippen LogP contribution is 2.80. The molecule has 2 aliphatic carbocycles. The smallest absolute Gasteiger partial charge is 0.0680 e. The van der Waals surface area contributed by atoms with E-state index in [1.54, 1.807) is 11.1 Å². The van der Waals surface area contributed by atoms with Crippen LogP contribution in [0.2, 0.25) is 0 Å². The van der Waals surface area contributed by atoms with Gasteiger partial charge in [-0.25, -0.2) is 0 Å². The maximum absolute atomic E-state index is 2.63. The lowest BCUT2D eigenvalue weighted by atomic mass is 9.49. The maximum Gasteiger partial charge on any atom is 0.0680 e. The van der Waals surface area contributed by atoms with E-state index >= 15 is 0 Å². The van der Waals surface area contributed by atoms with Gasteiger partial charge in [0, 0.05) is 26.4 Å². The second-order valence-electron chi connectivity index (χ2n) is 10.1. The summed E-state index contributed by atoms with van der Waals surface area (Å²) in [4.78, 5) is 3.06. The van der Waals surface area contributed by atoms with Gasteiger partial charge >= 0.3 is 0 Å². The molecule has 4 aliphatic rings. The fourth-order valence-electron chi connectivity index (χ4n) is 7.82. The molecule has 0 N–H and O–H groups in total. The maximum atomic E-state index is 2.63. The van der Waals surface area contributed by atoms with Crippen LogP contribution in [0.15, 0.2) is 88.7 Å². The van der Waals surface area contributed by atoms with Crippen LogP contribution in [0.4, 0.5) is 0 Å². The van der Waals surface area contributed by atoms with Crippen LogP contribution in [-0.2, 0) is 4.75 Å². The molecule has 156 valence electrons. The molecule has 0 radical (unpaired) electrons. The molecule has 2 saturated carbocycles. The Morgan fingerprint density at radius 3 is 1.90 bits per heavy atom.